The summed E-state index contributed by atoms with van der Waals surface area (Å²) >= 11 is 0. The number of halogens is 3. The minimum Gasteiger partial charge on any atom is -0.440 e. The van der Waals surface area contributed by atoms with Gasteiger partial charge in [-0.1, -0.05) is 6.07 Å². The van der Waals surface area contributed by atoms with Crippen LogP contribution in [0.1, 0.15) is 36.0 Å². The van der Waals surface area contributed by atoms with E-state index in [2.05, 4.69) is 19.4 Å². The monoisotopic (exact) mass is 641 g/mol. The van der Waals surface area contributed by atoms with E-state index in [0.717, 1.165) is 12.3 Å². The zero-order valence-electron chi connectivity index (χ0n) is 24.3. The summed E-state index contributed by atoms with van der Waals surface area (Å²) in [5, 5.41) is 19.8. The van der Waals surface area contributed by atoms with Crippen LogP contribution in [-0.4, -0.2) is 45.7 Å². The first-order chi connectivity index (χ1) is 21.1. The lowest BCUT2D eigenvalue weighted by molar-refractivity contribution is -0.286. The molecule has 14 heteroatoms. The van der Waals surface area contributed by atoms with Crippen LogP contribution in [0.25, 0.3) is 39.4 Å². The lowest BCUT2D eigenvalue weighted by Gasteiger charge is -2.15. The van der Waals surface area contributed by atoms with E-state index in [1.165, 1.54) is 24.3 Å². The summed E-state index contributed by atoms with van der Waals surface area (Å²) in [4.78, 5) is 8.68. The molecule has 0 radical (unpaired) electrons. The van der Waals surface area contributed by atoms with E-state index in [4.69, 9.17) is 4.42 Å². The normalized spacial score (nSPS) is 14.6. The van der Waals surface area contributed by atoms with Gasteiger partial charge in [-0.2, -0.15) is 0 Å². The van der Waals surface area contributed by atoms with Crippen molar-refractivity contribution in [2.24, 2.45) is 0 Å². The van der Waals surface area contributed by atoms with Gasteiger partial charge in [0.25, 0.3) is 0 Å². The molecule has 2 aromatic heterocycles. The summed E-state index contributed by atoms with van der Waals surface area (Å²) in [7, 11) is -3.91. The molecule has 5 aromatic rings. The molecule has 0 amide bonds. The van der Waals surface area contributed by atoms with Gasteiger partial charge in [-0.3, -0.25) is 0 Å². The first-order valence-corrected chi connectivity index (χ1v) is 15.4. The number of sulfone groups is 1. The van der Waals surface area contributed by atoms with E-state index in [1.807, 2.05) is 0 Å². The highest BCUT2D eigenvalue weighted by molar-refractivity contribution is 7.90. The van der Waals surface area contributed by atoms with Gasteiger partial charge in [-0.05, 0) is 67.4 Å². The van der Waals surface area contributed by atoms with Crippen molar-refractivity contribution < 1.29 is 45.7 Å². The Bertz CT molecular complexity index is 2090. The third kappa shape index (κ3) is 5.56. The fourth-order valence-corrected chi connectivity index (χ4v) is 6.16. The number of oxazole rings is 1. The third-order valence-corrected chi connectivity index (χ3v) is 8.45. The second-order valence-corrected chi connectivity index (χ2v) is 12.6. The number of alkyl halides is 2. The Morgan fingerprint density at radius 3 is 2.36 bits per heavy atom. The van der Waals surface area contributed by atoms with Crippen LogP contribution >= 0.6 is 0 Å². The Balaban J connectivity index is 1.59. The molecule has 0 aliphatic carbocycles. The summed E-state index contributed by atoms with van der Waals surface area (Å²) < 4.78 is 84.5. The van der Waals surface area contributed by atoms with Gasteiger partial charge in [0, 0.05) is 36.1 Å². The number of nitrogens with zero attached hydrogens (tertiary/aromatic N) is 3. The Morgan fingerprint density at radius 1 is 0.978 bits per heavy atom. The number of hydrogen-bond donors (Lipinski definition) is 2. The van der Waals surface area contributed by atoms with Crippen LogP contribution < -0.4 is 9.47 Å². The van der Waals surface area contributed by atoms with E-state index in [-0.39, 0.29) is 44.9 Å². The molecule has 1 aliphatic heterocycles. The number of imidazole rings is 1. The number of ether oxygens (including phenoxy) is 2. The zero-order valence-corrected chi connectivity index (χ0v) is 25.1. The average Bonchev–Trinajstić information content (AvgIpc) is 3.64. The molecular formula is C31H26F3N3O7S. The standard InChI is InChI=1S/C31H26F3N3O7S/c1-15(39)24-13-37(16(2)35-24)25-7-5-18(20-10-23(32)22(14-38)28(12-20)45(4,40)41)9-21(25)29-30(42-17(3)36-29)19-6-8-26-27(11-19)44-31(33,34)43-26/h5-13,15,38-39H,14H2,1-4H3. The van der Waals surface area contributed by atoms with E-state index in [9.17, 15) is 27.4 Å². The Hall–Kier alpha value is -4.66. The molecule has 1 atom stereocenters. The summed E-state index contributed by atoms with van der Waals surface area (Å²) in [6.07, 6.45) is -2.13. The number of aryl methyl sites for hydroxylation is 2. The first-order valence-electron chi connectivity index (χ1n) is 13.6. The Kier molecular flexibility index (Phi) is 7.26. The average molecular weight is 642 g/mol. The first kappa shape index (κ1) is 30.4. The summed E-state index contributed by atoms with van der Waals surface area (Å²) in [5.41, 5.74) is 2.21. The van der Waals surface area contributed by atoms with Gasteiger partial charge in [-0.25, -0.2) is 22.8 Å². The molecule has 6 rings (SSSR count). The molecule has 2 N–H and O–H groups in total. The van der Waals surface area contributed by atoms with Gasteiger partial charge >= 0.3 is 6.29 Å². The second-order valence-electron chi connectivity index (χ2n) is 10.6. The predicted octanol–water partition coefficient (Wildman–Crippen LogP) is 5.89. The smallest absolute Gasteiger partial charge is 0.440 e. The van der Waals surface area contributed by atoms with Crippen molar-refractivity contribution in [2.75, 3.05) is 6.26 Å². The molecule has 3 heterocycles. The van der Waals surface area contributed by atoms with Crippen molar-refractivity contribution >= 4 is 9.84 Å². The second kappa shape index (κ2) is 10.8. The van der Waals surface area contributed by atoms with Crippen LogP contribution in [0.4, 0.5) is 13.2 Å². The predicted molar refractivity (Wildman–Crippen MR) is 155 cm³/mol. The molecule has 234 valence electrons. The van der Waals surface area contributed by atoms with Crippen molar-refractivity contribution in [3.05, 3.63) is 83.5 Å². The molecule has 0 fully saturated rings. The van der Waals surface area contributed by atoms with Gasteiger partial charge in [0.1, 0.15) is 17.3 Å². The molecule has 0 bridgehead atoms. The minimum atomic E-state index is -3.91. The molecule has 0 spiro atoms. The van der Waals surface area contributed by atoms with Gasteiger partial charge in [0.05, 0.1) is 29.0 Å². The summed E-state index contributed by atoms with van der Waals surface area (Å²) in [6, 6.07) is 11.6. The van der Waals surface area contributed by atoms with Crippen molar-refractivity contribution in [2.45, 2.75) is 44.7 Å². The quantitative estimate of drug-likeness (QED) is 0.223. The third-order valence-electron chi connectivity index (χ3n) is 7.28. The van der Waals surface area contributed by atoms with Gasteiger partial charge in [0.15, 0.2) is 33.0 Å². The topological polar surface area (TPSA) is 137 Å². The van der Waals surface area contributed by atoms with Crippen molar-refractivity contribution in [1.82, 2.24) is 14.5 Å². The number of aromatic nitrogens is 3. The molecular weight excluding hydrogens is 615 g/mol. The Morgan fingerprint density at radius 2 is 1.69 bits per heavy atom. The number of aliphatic hydroxyl groups excluding tert-OH is 2. The van der Waals surface area contributed by atoms with E-state index in [0.29, 0.717) is 33.9 Å². The van der Waals surface area contributed by atoms with Crippen LogP contribution in [0.3, 0.4) is 0 Å². The molecule has 10 nitrogen and oxygen atoms in total. The van der Waals surface area contributed by atoms with Crippen molar-refractivity contribution in [3.63, 3.8) is 0 Å². The van der Waals surface area contributed by atoms with E-state index in [1.54, 1.807) is 49.7 Å². The lowest BCUT2D eigenvalue weighted by Crippen LogP contribution is -2.25. The highest BCUT2D eigenvalue weighted by atomic mass is 32.2. The molecule has 0 saturated carbocycles. The molecule has 1 aliphatic rings. The maximum atomic E-state index is 15.1. The van der Waals surface area contributed by atoms with Gasteiger partial charge in [0.2, 0.25) is 0 Å². The molecule has 1 unspecified atom stereocenters. The zero-order chi connectivity index (χ0) is 32.4. The highest BCUT2D eigenvalue weighted by Crippen LogP contribution is 2.45. The number of aliphatic hydroxyl groups is 2. The van der Waals surface area contributed by atoms with Crippen LogP contribution in [0.15, 0.2) is 64.0 Å². The van der Waals surface area contributed by atoms with Crippen molar-refractivity contribution in [3.8, 4) is 50.9 Å². The maximum absolute atomic E-state index is 15.1. The van der Waals surface area contributed by atoms with Gasteiger partial charge in [-0.15, -0.1) is 8.78 Å². The SMILES string of the molecule is Cc1nc(-c2cc(-c3cc(F)c(CO)c(S(C)(=O)=O)c3)ccc2-n2cc(C(C)O)nc2C)c(-c2ccc3c(c2)OC(F)(F)O3)o1. The fourth-order valence-electron chi connectivity index (χ4n) is 5.21. The molecule has 0 saturated heterocycles. The number of benzene rings is 3. The van der Waals surface area contributed by atoms with E-state index >= 15 is 4.39 Å². The summed E-state index contributed by atoms with van der Waals surface area (Å²) in [5.74, 6) is -0.304. The number of rotatable bonds is 7. The number of fused-ring (bicyclic) bond motifs is 1. The van der Waals surface area contributed by atoms with Crippen LogP contribution in [0.2, 0.25) is 0 Å². The fraction of sp³-hybridized carbons (Fsp3) is 0.226. The van der Waals surface area contributed by atoms with Crippen LogP contribution in [-0.2, 0) is 16.4 Å². The molecule has 45 heavy (non-hydrogen) atoms. The lowest BCUT2D eigenvalue weighted by atomic mass is 9.97. The molecule has 3 aromatic carbocycles. The summed E-state index contributed by atoms with van der Waals surface area (Å²) in [6.45, 7) is 4.10. The Labute approximate surface area is 255 Å². The number of hydrogen-bond acceptors (Lipinski definition) is 9. The largest absolute Gasteiger partial charge is 0.586 e. The van der Waals surface area contributed by atoms with Crippen molar-refractivity contribution in [1.29, 1.82) is 0 Å². The van der Waals surface area contributed by atoms with E-state index < -0.39 is 34.7 Å². The maximum Gasteiger partial charge on any atom is 0.586 e. The van der Waals surface area contributed by atoms with Crippen LogP contribution in [0, 0.1) is 19.7 Å². The minimum absolute atomic E-state index is 0.154. The highest BCUT2D eigenvalue weighted by Gasteiger charge is 2.43. The van der Waals surface area contributed by atoms with Crippen LogP contribution in [0.5, 0.6) is 11.5 Å². The van der Waals surface area contributed by atoms with Gasteiger partial charge < -0.3 is 28.7 Å².